The van der Waals surface area contributed by atoms with E-state index in [-0.39, 0.29) is 5.54 Å². The van der Waals surface area contributed by atoms with E-state index in [1.807, 2.05) is 5.01 Å². The standard InChI is InChI=1S/C12H21N3O/c16-11-7-12(4-1-2-5-12)14-15(11)9-10-3-6-13-8-10/h10,13-14H,1-9H2. The molecule has 0 radical (unpaired) electrons. The minimum absolute atomic E-state index is 0.142. The molecule has 0 bridgehead atoms. The Morgan fingerprint density at radius 3 is 2.88 bits per heavy atom. The summed E-state index contributed by atoms with van der Waals surface area (Å²) in [6.07, 6.45) is 6.85. The molecule has 1 saturated carbocycles. The highest BCUT2D eigenvalue weighted by atomic mass is 16.2. The maximum absolute atomic E-state index is 12.0. The molecule has 4 nitrogen and oxygen atoms in total. The summed E-state index contributed by atoms with van der Waals surface area (Å²) >= 11 is 0. The summed E-state index contributed by atoms with van der Waals surface area (Å²) in [6, 6.07) is 0. The van der Waals surface area contributed by atoms with Crippen LogP contribution in [0.1, 0.15) is 38.5 Å². The van der Waals surface area contributed by atoms with E-state index < -0.39 is 0 Å². The highest BCUT2D eigenvalue weighted by molar-refractivity contribution is 5.79. The molecular formula is C12H21N3O. The van der Waals surface area contributed by atoms with Gasteiger partial charge in [0.05, 0.1) is 0 Å². The molecule has 3 aliphatic rings. The zero-order valence-corrected chi connectivity index (χ0v) is 9.80. The number of carbonyl (C=O) groups excluding carboxylic acids is 1. The van der Waals surface area contributed by atoms with Gasteiger partial charge < -0.3 is 5.32 Å². The van der Waals surface area contributed by atoms with Crippen LogP contribution in [-0.2, 0) is 4.79 Å². The van der Waals surface area contributed by atoms with E-state index in [9.17, 15) is 4.79 Å². The molecule has 2 aliphatic heterocycles. The fourth-order valence-corrected chi connectivity index (χ4v) is 3.39. The van der Waals surface area contributed by atoms with Crippen LogP contribution in [-0.4, -0.2) is 36.1 Å². The Labute approximate surface area is 96.7 Å². The van der Waals surface area contributed by atoms with Crippen LogP contribution in [0.15, 0.2) is 0 Å². The van der Waals surface area contributed by atoms with Crippen LogP contribution >= 0.6 is 0 Å². The average Bonchev–Trinajstić information content (AvgIpc) is 2.93. The second kappa shape index (κ2) is 4.00. The Kier molecular flexibility index (Phi) is 2.64. The predicted molar refractivity (Wildman–Crippen MR) is 61.6 cm³/mol. The molecule has 16 heavy (non-hydrogen) atoms. The van der Waals surface area contributed by atoms with Crippen molar-refractivity contribution in [2.45, 2.75) is 44.1 Å². The lowest BCUT2D eigenvalue weighted by atomic mass is 9.96. The molecule has 3 fully saturated rings. The number of hydrazine groups is 1. The summed E-state index contributed by atoms with van der Waals surface area (Å²) in [4.78, 5) is 12.0. The van der Waals surface area contributed by atoms with Gasteiger partial charge in [-0.2, -0.15) is 0 Å². The highest BCUT2D eigenvalue weighted by Crippen LogP contribution is 2.36. The minimum Gasteiger partial charge on any atom is -0.316 e. The van der Waals surface area contributed by atoms with Crippen LogP contribution in [0.4, 0.5) is 0 Å². The molecule has 4 heteroatoms. The molecule has 0 aromatic carbocycles. The van der Waals surface area contributed by atoms with Gasteiger partial charge in [0.25, 0.3) is 0 Å². The SMILES string of the molecule is O=C1CC2(CCCC2)NN1CC1CCNC1. The molecule has 1 aliphatic carbocycles. The molecule has 0 aromatic heterocycles. The van der Waals surface area contributed by atoms with E-state index in [0.29, 0.717) is 11.8 Å². The Hall–Kier alpha value is -0.610. The van der Waals surface area contributed by atoms with Gasteiger partial charge in [0.15, 0.2) is 0 Å². The van der Waals surface area contributed by atoms with Crippen molar-refractivity contribution < 1.29 is 4.79 Å². The lowest BCUT2D eigenvalue weighted by Crippen LogP contribution is -2.46. The lowest BCUT2D eigenvalue weighted by molar-refractivity contribution is -0.130. The van der Waals surface area contributed by atoms with Crippen molar-refractivity contribution in [3.63, 3.8) is 0 Å². The number of rotatable bonds is 2. The smallest absolute Gasteiger partial charge is 0.238 e. The van der Waals surface area contributed by atoms with Gasteiger partial charge in [-0.15, -0.1) is 0 Å². The molecule has 3 rings (SSSR count). The first kappa shape index (κ1) is 10.5. The molecule has 2 N–H and O–H groups in total. The molecule has 1 spiro atoms. The van der Waals surface area contributed by atoms with Crippen LogP contribution in [0.2, 0.25) is 0 Å². The number of nitrogens with zero attached hydrogens (tertiary/aromatic N) is 1. The number of nitrogens with one attached hydrogen (secondary N) is 2. The Balaban J connectivity index is 1.61. The van der Waals surface area contributed by atoms with Gasteiger partial charge in [-0.25, -0.2) is 5.43 Å². The molecule has 2 saturated heterocycles. The molecule has 0 aromatic rings. The molecule has 1 amide bonds. The second-order valence-electron chi connectivity index (χ2n) is 5.64. The van der Waals surface area contributed by atoms with Crippen molar-refractivity contribution in [1.82, 2.24) is 15.8 Å². The number of hydrogen-bond donors (Lipinski definition) is 2. The first-order chi connectivity index (χ1) is 7.77. The summed E-state index contributed by atoms with van der Waals surface area (Å²) in [7, 11) is 0. The average molecular weight is 223 g/mol. The van der Waals surface area contributed by atoms with Crippen LogP contribution in [0, 0.1) is 5.92 Å². The normalized spacial score (nSPS) is 33.1. The van der Waals surface area contributed by atoms with Crippen molar-refractivity contribution in [3.8, 4) is 0 Å². The molecule has 1 atom stereocenters. The Bertz CT molecular complexity index is 280. The monoisotopic (exact) mass is 223 g/mol. The van der Waals surface area contributed by atoms with E-state index in [0.717, 1.165) is 26.1 Å². The molecule has 90 valence electrons. The number of amides is 1. The van der Waals surface area contributed by atoms with E-state index in [2.05, 4.69) is 10.7 Å². The van der Waals surface area contributed by atoms with Crippen molar-refractivity contribution in [2.75, 3.05) is 19.6 Å². The van der Waals surface area contributed by atoms with Gasteiger partial charge >= 0.3 is 0 Å². The zero-order valence-electron chi connectivity index (χ0n) is 9.80. The van der Waals surface area contributed by atoms with Crippen LogP contribution < -0.4 is 10.7 Å². The van der Waals surface area contributed by atoms with Crippen LogP contribution in [0.25, 0.3) is 0 Å². The summed E-state index contributed by atoms with van der Waals surface area (Å²) in [5, 5.41) is 5.26. The summed E-state index contributed by atoms with van der Waals surface area (Å²) in [5.74, 6) is 0.960. The van der Waals surface area contributed by atoms with E-state index in [1.165, 1.54) is 32.1 Å². The maximum Gasteiger partial charge on any atom is 0.238 e. The minimum atomic E-state index is 0.142. The first-order valence-corrected chi connectivity index (χ1v) is 6.56. The topological polar surface area (TPSA) is 44.4 Å². The lowest BCUT2D eigenvalue weighted by Gasteiger charge is -2.26. The summed E-state index contributed by atoms with van der Waals surface area (Å²) in [5.41, 5.74) is 3.64. The maximum atomic E-state index is 12.0. The van der Waals surface area contributed by atoms with Crippen molar-refractivity contribution >= 4 is 5.91 Å². The Morgan fingerprint density at radius 1 is 1.38 bits per heavy atom. The van der Waals surface area contributed by atoms with Gasteiger partial charge in [0.2, 0.25) is 5.91 Å². The van der Waals surface area contributed by atoms with Crippen LogP contribution in [0.5, 0.6) is 0 Å². The van der Waals surface area contributed by atoms with Gasteiger partial charge in [-0.05, 0) is 38.3 Å². The van der Waals surface area contributed by atoms with E-state index in [4.69, 9.17) is 0 Å². The van der Waals surface area contributed by atoms with Crippen molar-refractivity contribution in [3.05, 3.63) is 0 Å². The first-order valence-electron chi connectivity index (χ1n) is 6.56. The fourth-order valence-electron chi connectivity index (χ4n) is 3.39. The highest BCUT2D eigenvalue weighted by Gasteiger charge is 2.44. The summed E-state index contributed by atoms with van der Waals surface area (Å²) < 4.78 is 0. The van der Waals surface area contributed by atoms with Crippen molar-refractivity contribution in [2.24, 2.45) is 5.92 Å². The third kappa shape index (κ3) is 1.84. The second-order valence-corrected chi connectivity index (χ2v) is 5.64. The molecular weight excluding hydrogens is 202 g/mol. The van der Waals surface area contributed by atoms with Gasteiger partial charge in [0.1, 0.15) is 0 Å². The van der Waals surface area contributed by atoms with Gasteiger partial charge in [-0.1, -0.05) is 12.8 Å². The third-order valence-electron chi connectivity index (χ3n) is 4.33. The third-order valence-corrected chi connectivity index (χ3v) is 4.33. The summed E-state index contributed by atoms with van der Waals surface area (Å²) in [6.45, 7) is 3.07. The zero-order chi connectivity index (χ0) is 11.0. The van der Waals surface area contributed by atoms with Crippen LogP contribution in [0.3, 0.4) is 0 Å². The fraction of sp³-hybridized carbons (Fsp3) is 0.917. The van der Waals surface area contributed by atoms with E-state index >= 15 is 0 Å². The van der Waals surface area contributed by atoms with Gasteiger partial charge in [0, 0.05) is 18.5 Å². The Morgan fingerprint density at radius 2 is 2.19 bits per heavy atom. The quantitative estimate of drug-likeness (QED) is 0.722. The largest absolute Gasteiger partial charge is 0.316 e. The number of carbonyl (C=O) groups is 1. The van der Waals surface area contributed by atoms with Gasteiger partial charge in [-0.3, -0.25) is 9.80 Å². The molecule has 2 heterocycles. The predicted octanol–water partition coefficient (Wildman–Crippen LogP) is 0.646. The van der Waals surface area contributed by atoms with E-state index in [1.54, 1.807) is 0 Å². The number of hydrogen-bond acceptors (Lipinski definition) is 3. The van der Waals surface area contributed by atoms with Crippen molar-refractivity contribution in [1.29, 1.82) is 0 Å². The molecule has 1 unspecified atom stereocenters.